The van der Waals surface area contributed by atoms with E-state index in [4.69, 9.17) is 26.3 Å². The number of nitrogens with zero attached hydrogens (tertiary/aromatic N) is 8. The van der Waals surface area contributed by atoms with Crippen molar-refractivity contribution in [2.24, 2.45) is 14.1 Å². The van der Waals surface area contributed by atoms with Crippen LogP contribution in [-0.4, -0.2) is 65.7 Å². The highest BCUT2D eigenvalue weighted by atomic mass is 35.5. The summed E-state index contributed by atoms with van der Waals surface area (Å²) in [5, 5.41) is 13.0. The molecule has 0 amide bonds. The van der Waals surface area contributed by atoms with Gasteiger partial charge in [-0.15, -0.1) is 0 Å². The van der Waals surface area contributed by atoms with Gasteiger partial charge in [-0.3, -0.25) is 19.0 Å². The van der Waals surface area contributed by atoms with Gasteiger partial charge in [0.05, 0.1) is 25.6 Å². The largest absolute Gasteiger partial charge is 0.469 e. The lowest BCUT2D eigenvalue weighted by atomic mass is 10.2. The van der Waals surface area contributed by atoms with E-state index in [0.29, 0.717) is 56.0 Å². The summed E-state index contributed by atoms with van der Waals surface area (Å²) in [4.78, 5) is 40.9. The first-order chi connectivity index (χ1) is 23.7. The average Bonchev–Trinajstić information content (AvgIpc) is 3.59. The standard InChI is InChI=1S/C21H27N5O2.C14H19ClN4O2/c1-4-9-16-19-20(26(2)25-16)21(22-14-15-10-6-5-7-11-15)24-17(23-19)12-8-13-18(27)28-3;1-4-6-9-12-13(19(2)18-9)14(15)17-10(16-12)7-5-8-11(20)21-3/h5-7,10-11H,4,8-9,12-14H2,1-3H3,(H,22,23,24);4-8H2,1-3H3. The fourth-order valence-electron chi connectivity index (χ4n) is 5.45. The topological polar surface area (TPSA) is 152 Å². The van der Waals surface area contributed by atoms with Gasteiger partial charge in [0, 0.05) is 46.3 Å². The van der Waals surface area contributed by atoms with Crippen molar-refractivity contribution in [2.45, 2.75) is 84.6 Å². The molecule has 0 atom stereocenters. The molecule has 4 aromatic heterocycles. The molecule has 1 aromatic carbocycles. The molecule has 0 aliphatic rings. The van der Waals surface area contributed by atoms with Gasteiger partial charge in [0.1, 0.15) is 33.7 Å². The van der Waals surface area contributed by atoms with Crippen LogP contribution in [0.2, 0.25) is 5.15 Å². The Morgan fingerprint density at radius 3 is 1.78 bits per heavy atom. The van der Waals surface area contributed by atoms with Crippen LogP contribution in [0.4, 0.5) is 5.82 Å². The number of aromatic nitrogens is 8. The number of carbonyl (C=O) groups excluding carboxylic acids is 2. The SMILES string of the molecule is CCCc1nn(C)c2c(Cl)nc(CCCC(=O)OC)nc12.CCCc1nn(C)c2c(NCc3ccccc3)nc(CCCC(=O)OC)nc12. The molecule has 0 fully saturated rings. The average molecular weight is 692 g/mol. The number of halogens is 1. The quantitative estimate of drug-likeness (QED) is 0.103. The summed E-state index contributed by atoms with van der Waals surface area (Å²) in [7, 11) is 6.56. The number of anilines is 1. The molecule has 0 radical (unpaired) electrons. The zero-order valence-corrected chi connectivity index (χ0v) is 30.0. The Bertz CT molecular complexity index is 1860. The van der Waals surface area contributed by atoms with Gasteiger partial charge < -0.3 is 14.8 Å². The lowest BCUT2D eigenvalue weighted by Gasteiger charge is -2.10. The summed E-state index contributed by atoms with van der Waals surface area (Å²) in [5.74, 6) is 1.70. The van der Waals surface area contributed by atoms with Crippen LogP contribution in [0, 0.1) is 0 Å². The summed E-state index contributed by atoms with van der Waals surface area (Å²) in [6.45, 7) is 4.90. The van der Waals surface area contributed by atoms with Crippen LogP contribution in [-0.2, 0) is 65.4 Å². The molecule has 0 saturated carbocycles. The van der Waals surface area contributed by atoms with Crippen molar-refractivity contribution in [2.75, 3.05) is 19.5 Å². The van der Waals surface area contributed by atoms with Crippen LogP contribution in [0.1, 0.15) is 81.0 Å². The molecule has 0 aliphatic heterocycles. The first-order valence-electron chi connectivity index (χ1n) is 16.7. The molecule has 5 aromatic rings. The third-order valence-electron chi connectivity index (χ3n) is 7.85. The second-order valence-electron chi connectivity index (χ2n) is 11.7. The van der Waals surface area contributed by atoms with E-state index in [1.54, 1.807) is 4.68 Å². The number of rotatable bonds is 15. The van der Waals surface area contributed by atoms with Crippen molar-refractivity contribution < 1.29 is 19.1 Å². The number of hydrogen-bond donors (Lipinski definition) is 1. The molecule has 0 aliphatic carbocycles. The molecule has 13 nitrogen and oxygen atoms in total. The molecule has 49 heavy (non-hydrogen) atoms. The highest BCUT2D eigenvalue weighted by Crippen LogP contribution is 2.26. The van der Waals surface area contributed by atoms with E-state index in [1.807, 2.05) is 37.0 Å². The van der Waals surface area contributed by atoms with E-state index < -0.39 is 0 Å². The molecule has 0 spiro atoms. The summed E-state index contributed by atoms with van der Waals surface area (Å²) in [6, 6.07) is 10.2. The van der Waals surface area contributed by atoms with E-state index in [-0.39, 0.29) is 11.9 Å². The van der Waals surface area contributed by atoms with E-state index in [1.165, 1.54) is 19.8 Å². The number of ether oxygens (including phenoxy) is 2. The van der Waals surface area contributed by atoms with Gasteiger partial charge in [-0.2, -0.15) is 10.2 Å². The van der Waals surface area contributed by atoms with Crippen LogP contribution in [0.5, 0.6) is 0 Å². The number of aryl methyl sites for hydroxylation is 6. The van der Waals surface area contributed by atoms with E-state index >= 15 is 0 Å². The lowest BCUT2D eigenvalue weighted by Crippen LogP contribution is -2.08. The molecule has 4 heterocycles. The first kappa shape index (κ1) is 37.2. The van der Waals surface area contributed by atoms with Gasteiger partial charge in [-0.1, -0.05) is 68.6 Å². The zero-order valence-electron chi connectivity index (χ0n) is 29.3. The van der Waals surface area contributed by atoms with E-state index in [0.717, 1.165) is 70.8 Å². The number of hydrogen-bond acceptors (Lipinski definition) is 11. The number of esters is 2. The van der Waals surface area contributed by atoms with Gasteiger partial charge >= 0.3 is 11.9 Å². The van der Waals surface area contributed by atoms with E-state index in [2.05, 4.69) is 56.2 Å². The van der Waals surface area contributed by atoms with Crippen molar-refractivity contribution in [3.63, 3.8) is 0 Å². The minimum Gasteiger partial charge on any atom is -0.469 e. The summed E-state index contributed by atoms with van der Waals surface area (Å²) in [5.41, 5.74) is 6.48. The Kier molecular flexibility index (Phi) is 13.8. The summed E-state index contributed by atoms with van der Waals surface area (Å²) >= 11 is 6.25. The Labute approximate surface area is 291 Å². The number of nitrogens with one attached hydrogen (secondary N) is 1. The molecule has 0 unspecified atom stereocenters. The Balaban J connectivity index is 0.000000230. The molecule has 0 bridgehead atoms. The third-order valence-corrected chi connectivity index (χ3v) is 8.11. The molecule has 14 heteroatoms. The van der Waals surface area contributed by atoms with Crippen LogP contribution in [0.3, 0.4) is 0 Å². The van der Waals surface area contributed by atoms with Crippen molar-refractivity contribution in [1.29, 1.82) is 0 Å². The maximum absolute atomic E-state index is 11.4. The smallest absolute Gasteiger partial charge is 0.305 e. The van der Waals surface area contributed by atoms with Crippen LogP contribution in [0.15, 0.2) is 30.3 Å². The van der Waals surface area contributed by atoms with E-state index in [9.17, 15) is 9.59 Å². The molecule has 5 rings (SSSR count). The third kappa shape index (κ3) is 9.94. The molecular weight excluding hydrogens is 646 g/mol. The van der Waals surface area contributed by atoms with Gasteiger partial charge in [0.15, 0.2) is 11.0 Å². The van der Waals surface area contributed by atoms with Gasteiger partial charge in [-0.05, 0) is 31.2 Å². The molecular formula is C35H46ClN9O4. The highest BCUT2D eigenvalue weighted by molar-refractivity contribution is 6.33. The number of fused-ring (bicyclic) bond motifs is 2. The maximum Gasteiger partial charge on any atom is 0.305 e. The van der Waals surface area contributed by atoms with Crippen molar-refractivity contribution in [3.05, 3.63) is 64.1 Å². The van der Waals surface area contributed by atoms with Crippen LogP contribution < -0.4 is 5.32 Å². The number of carbonyl (C=O) groups is 2. The number of methoxy groups -OCH3 is 2. The molecule has 1 N–H and O–H groups in total. The predicted octanol–water partition coefficient (Wildman–Crippen LogP) is 5.89. The van der Waals surface area contributed by atoms with Crippen molar-refractivity contribution >= 4 is 51.4 Å². The highest BCUT2D eigenvalue weighted by Gasteiger charge is 2.18. The Morgan fingerprint density at radius 1 is 0.735 bits per heavy atom. The fraction of sp³-hybridized carbons (Fsp3) is 0.486. The second kappa shape index (κ2) is 18.2. The predicted molar refractivity (Wildman–Crippen MR) is 189 cm³/mol. The number of benzene rings is 1. The zero-order chi connectivity index (χ0) is 35.3. The van der Waals surface area contributed by atoms with Gasteiger partial charge in [0.25, 0.3) is 0 Å². The normalized spacial score (nSPS) is 11.0. The Hall–Kier alpha value is -4.65. The maximum atomic E-state index is 11.4. The van der Waals surface area contributed by atoms with Crippen molar-refractivity contribution in [3.8, 4) is 0 Å². The molecule has 262 valence electrons. The first-order valence-corrected chi connectivity index (χ1v) is 17.1. The second-order valence-corrected chi connectivity index (χ2v) is 12.0. The monoisotopic (exact) mass is 691 g/mol. The van der Waals surface area contributed by atoms with Gasteiger partial charge in [-0.25, -0.2) is 19.9 Å². The minimum atomic E-state index is -0.227. The van der Waals surface area contributed by atoms with Crippen LogP contribution in [0.25, 0.3) is 22.1 Å². The lowest BCUT2D eigenvalue weighted by molar-refractivity contribution is -0.141. The summed E-state index contributed by atoms with van der Waals surface area (Å²) < 4.78 is 12.9. The van der Waals surface area contributed by atoms with Crippen molar-refractivity contribution in [1.82, 2.24) is 39.5 Å². The van der Waals surface area contributed by atoms with Crippen LogP contribution >= 0.6 is 11.6 Å². The van der Waals surface area contributed by atoms with Gasteiger partial charge in [0.2, 0.25) is 0 Å². The fourth-order valence-corrected chi connectivity index (χ4v) is 5.76. The minimum absolute atomic E-state index is 0.212. The summed E-state index contributed by atoms with van der Waals surface area (Å²) in [6.07, 6.45) is 6.92. The molecule has 0 saturated heterocycles. The Morgan fingerprint density at radius 2 is 1.24 bits per heavy atom.